The molecule has 88 valence electrons. The summed E-state index contributed by atoms with van der Waals surface area (Å²) in [5.74, 6) is 0.340. The third-order valence-corrected chi connectivity index (χ3v) is 3.63. The molecule has 1 atom stereocenters. The molecular weight excluding hydrogens is 289 g/mol. The van der Waals surface area contributed by atoms with Crippen molar-refractivity contribution in [3.8, 4) is 0 Å². The molecule has 2 nitrogen and oxygen atoms in total. The number of piperidine rings is 1. The molecule has 0 bridgehead atoms. The number of halogens is 2. The summed E-state index contributed by atoms with van der Waals surface area (Å²) in [4.78, 5) is 11.5. The first-order valence-electron chi connectivity index (χ1n) is 5.13. The van der Waals surface area contributed by atoms with Crippen molar-refractivity contribution >= 4 is 34.1 Å². The number of hydrogen-bond acceptors (Lipinski definition) is 2. The van der Waals surface area contributed by atoms with Crippen molar-refractivity contribution in [1.29, 1.82) is 0 Å². The molecule has 1 aromatic rings. The molecule has 1 aromatic carbocycles. The van der Waals surface area contributed by atoms with E-state index in [0.29, 0.717) is 18.6 Å². The van der Waals surface area contributed by atoms with Crippen LogP contribution in [0.25, 0.3) is 0 Å². The number of rotatable bonds is 1. The minimum atomic E-state index is -0.213. The van der Waals surface area contributed by atoms with Gasteiger partial charge in [-0.25, -0.2) is 0 Å². The second-order valence-electron chi connectivity index (χ2n) is 4.20. The molecule has 1 N–H and O–H groups in total. The molecule has 1 aliphatic heterocycles. The maximum Gasteiger partial charge on any atom is 0.136 e. The maximum absolute atomic E-state index is 11.5. The number of benzene rings is 1. The molecule has 0 amide bonds. The summed E-state index contributed by atoms with van der Waals surface area (Å²) >= 11 is 3.54. The van der Waals surface area contributed by atoms with E-state index < -0.39 is 0 Å². The molecule has 2 rings (SSSR count). The molecule has 1 unspecified atom stereocenters. The normalized spacial score (nSPS) is 25.0. The van der Waals surface area contributed by atoms with Gasteiger partial charge in [0.05, 0.1) is 0 Å². The van der Waals surface area contributed by atoms with Gasteiger partial charge in [-0.1, -0.05) is 34.1 Å². The molecule has 0 aliphatic carbocycles. The van der Waals surface area contributed by atoms with Crippen molar-refractivity contribution in [2.45, 2.75) is 25.3 Å². The number of carbonyl (C=O) groups is 1. The van der Waals surface area contributed by atoms with Crippen molar-refractivity contribution in [3.63, 3.8) is 0 Å². The monoisotopic (exact) mass is 303 g/mol. The molecule has 0 spiro atoms. The lowest BCUT2D eigenvalue weighted by Gasteiger charge is -2.35. The topological polar surface area (TPSA) is 29.1 Å². The predicted octanol–water partition coefficient (Wildman–Crippen LogP) is 3.04. The molecule has 1 saturated heterocycles. The van der Waals surface area contributed by atoms with Crippen molar-refractivity contribution < 1.29 is 4.79 Å². The summed E-state index contributed by atoms with van der Waals surface area (Å²) in [6, 6.07) is 8.07. The van der Waals surface area contributed by atoms with Crippen LogP contribution in [0, 0.1) is 0 Å². The first-order chi connectivity index (χ1) is 7.12. The van der Waals surface area contributed by atoms with Gasteiger partial charge in [-0.05, 0) is 18.6 Å². The van der Waals surface area contributed by atoms with Crippen molar-refractivity contribution in [2.75, 3.05) is 6.54 Å². The van der Waals surface area contributed by atoms with Crippen LogP contribution in [0.2, 0.25) is 0 Å². The number of nitrogens with one attached hydrogen (secondary N) is 1. The van der Waals surface area contributed by atoms with E-state index in [9.17, 15) is 4.79 Å². The Morgan fingerprint density at radius 2 is 2.06 bits per heavy atom. The fourth-order valence-corrected chi connectivity index (χ4v) is 2.84. The zero-order chi connectivity index (χ0) is 10.9. The van der Waals surface area contributed by atoms with Gasteiger partial charge in [0.2, 0.25) is 0 Å². The van der Waals surface area contributed by atoms with Crippen LogP contribution in [0.1, 0.15) is 25.3 Å². The Kier molecular flexibility index (Phi) is 4.53. The molecule has 16 heavy (non-hydrogen) atoms. The standard InChI is InChI=1S/C12H14BrNO.ClH/c1-12(8-9(15)6-7-14-12)10-4-2-3-5-11(10)13;/h2-5,14H,6-8H2,1H3;1H. The number of ketones is 1. The van der Waals surface area contributed by atoms with E-state index in [-0.39, 0.29) is 17.9 Å². The van der Waals surface area contributed by atoms with E-state index >= 15 is 0 Å². The number of carbonyl (C=O) groups excluding carboxylic acids is 1. The smallest absolute Gasteiger partial charge is 0.136 e. The Morgan fingerprint density at radius 1 is 1.38 bits per heavy atom. The third kappa shape index (κ3) is 2.65. The highest BCUT2D eigenvalue weighted by atomic mass is 79.9. The molecule has 1 fully saturated rings. The van der Waals surface area contributed by atoms with Gasteiger partial charge in [-0.3, -0.25) is 4.79 Å². The summed E-state index contributed by atoms with van der Waals surface area (Å²) in [6.07, 6.45) is 1.23. The van der Waals surface area contributed by atoms with Gasteiger partial charge < -0.3 is 5.32 Å². The minimum absolute atomic E-state index is 0. The Hall–Kier alpha value is -0.380. The van der Waals surface area contributed by atoms with Crippen LogP contribution in [0.5, 0.6) is 0 Å². The number of hydrogen-bond donors (Lipinski definition) is 1. The van der Waals surface area contributed by atoms with Crippen molar-refractivity contribution in [2.24, 2.45) is 0 Å². The highest BCUT2D eigenvalue weighted by Gasteiger charge is 2.33. The summed E-state index contributed by atoms with van der Waals surface area (Å²) in [6.45, 7) is 2.86. The second-order valence-corrected chi connectivity index (χ2v) is 5.06. The predicted molar refractivity (Wildman–Crippen MR) is 71.0 cm³/mol. The Balaban J connectivity index is 0.00000128. The number of Topliss-reactive ketones (excluding diaryl/α,β-unsaturated/α-hetero) is 1. The largest absolute Gasteiger partial charge is 0.307 e. The quantitative estimate of drug-likeness (QED) is 0.864. The first-order valence-corrected chi connectivity index (χ1v) is 5.93. The van der Waals surface area contributed by atoms with Gasteiger partial charge in [-0.2, -0.15) is 0 Å². The minimum Gasteiger partial charge on any atom is -0.307 e. The van der Waals surface area contributed by atoms with E-state index in [2.05, 4.69) is 34.2 Å². The second kappa shape index (κ2) is 5.30. The van der Waals surface area contributed by atoms with Crippen molar-refractivity contribution in [3.05, 3.63) is 34.3 Å². The molecule has 0 radical (unpaired) electrons. The summed E-state index contributed by atoms with van der Waals surface area (Å²) in [7, 11) is 0. The summed E-state index contributed by atoms with van der Waals surface area (Å²) in [5, 5.41) is 3.43. The van der Waals surface area contributed by atoms with Crippen LogP contribution in [0.15, 0.2) is 28.7 Å². The highest BCUT2D eigenvalue weighted by Crippen LogP contribution is 2.33. The van der Waals surface area contributed by atoms with E-state index in [1.807, 2.05) is 18.2 Å². The summed E-state index contributed by atoms with van der Waals surface area (Å²) < 4.78 is 1.06. The Bertz CT molecular complexity index is 396. The van der Waals surface area contributed by atoms with Crippen LogP contribution in [0.3, 0.4) is 0 Å². The zero-order valence-corrected chi connectivity index (χ0v) is 11.5. The lowest BCUT2D eigenvalue weighted by molar-refractivity contribution is -0.122. The van der Waals surface area contributed by atoms with E-state index in [1.54, 1.807) is 0 Å². The average molecular weight is 305 g/mol. The molecule has 4 heteroatoms. The van der Waals surface area contributed by atoms with Crippen LogP contribution in [-0.2, 0) is 10.3 Å². The van der Waals surface area contributed by atoms with Gasteiger partial charge >= 0.3 is 0 Å². The van der Waals surface area contributed by atoms with E-state index in [4.69, 9.17) is 0 Å². The van der Waals surface area contributed by atoms with E-state index in [1.165, 1.54) is 0 Å². The van der Waals surface area contributed by atoms with Crippen molar-refractivity contribution in [1.82, 2.24) is 5.32 Å². The highest BCUT2D eigenvalue weighted by molar-refractivity contribution is 9.10. The molecule has 0 saturated carbocycles. The van der Waals surface area contributed by atoms with Crippen LogP contribution in [-0.4, -0.2) is 12.3 Å². The van der Waals surface area contributed by atoms with Crippen LogP contribution >= 0.6 is 28.3 Å². The average Bonchev–Trinajstić information content (AvgIpc) is 2.17. The maximum atomic E-state index is 11.5. The molecule has 1 heterocycles. The lowest BCUT2D eigenvalue weighted by Crippen LogP contribution is -2.46. The van der Waals surface area contributed by atoms with Crippen LogP contribution < -0.4 is 5.32 Å². The van der Waals surface area contributed by atoms with Gasteiger partial charge in [0.1, 0.15) is 5.78 Å². The van der Waals surface area contributed by atoms with E-state index in [0.717, 1.165) is 16.6 Å². The Morgan fingerprint density at radius 3 is 2.69 bits per heavy atom. The van der Waals surface area contributed by atoms with Gasteiger partial charge in [-0.15, -0.1) is 12.4 Å². The molecule has 1 aliphatic rings. The van der Waals surface area contributed by atoms with Gasteiger partial charge in [0.15, 0.2) is 0 Å². The lowest BCUT2D eigenvalue weighted by atomic mass is 9.83. The third-order valence-electron chi connectivity index (χ3n) is 2.94. The Labute approximate surface area is 110 Å². The fourth-order valence-electron chi connectivity index (χ4n) is 2.12. The summed E-state index contributed by atoms with van der Waals surface area (Å²) in [5.41, 5.74) is 0.952. The first kappa shape index (κ1) is 13.7. The van der Waals surface area contributed by atoms with Gasteiger partial charge in [0.25, 0.3) is 0 Å². The fraction of sp³-hybridized carbons (Fsp3) is 0.417. The van der Waals surface area contributed by atoms with Gasteiger partial charge in [0, 0.05) is 29.4 Å². The van der Waals surface area contributed by atoms with Crippen LogP contribution in [0.4, 0.5) is 0 Å². The molecule has 0 aromatic heterocycles. The SMILES string of the molecule is CC1(c2ccccc2Br)CC(=O)CCN1.Cl. The zero-order valence-electron chi connectivity index (χ0n) is 9.13. The molecular formula is C12H15BrClNO.